The first kappa shape index (κ1) is 20.3. The Labute approximate surface area is 189 Å². The summed E-state index contributed by atoms with van der Waals surface area (Å²) in [7, 11) is 0. The molecule has 7 nitrogen and oxygen atoms in total. The highest BCUT2D eigenvalue weighted by Crippen LogP contribution is 2.39. The van der Waals surface area contributed by atoms with Gasteiger partial charge in [0.2, 0.25) is 5.95 Å². The lowest BCUT2D eigenvalue weighted by Crippen LogP contribution is -2.39. The first-order chi connectivity index (χ1) is 16.2. The van der Waals surface area contributed by atoms with Crippen molar-refractivity contribution >= 4 is 23.2 Å². The zero-order valence-electron chi connectivity index (χ0n) is 17.6. The zero-order chi connectivity index (χ0) is 22.7. The Hall–Kier alpha value is -4.65. The van der Waals surface area contributed by atoms with Crippen molar-refractivity contribution in [1.29, 1.82) is 0 Å². The second-order valence-corrected chi connectivity index (χ2v) is 7.60. The van der Waals surface area contributed by atoms with Crippen molar-refractivity contribution in [3.8, 4) is 0 Å². The van der Waals surface area contributed by atoms with Crippen molar-refractivity contribution in [3.63, 3.8) is 0 Å². The van der Waals surface area contributed by atoms with Crippen LogP contribution in [-0.4, -0.2) is 26.4 Å². The van der Waals surface area contributed by atoms with E-state index in [1.807, 2.05) is 91.0 Å². The van der Waals surface area contributed by atoms with Crippen molar-refractivity contribution in [2.24, 2.45) is 5.16 Å². The molecule has 0 unspecified atom stereocenters. The number of oxime groups is 1. The molecule has 2 heterocycles. The van der Waals surface area contributed by atoms with Gasteiger partial charge < -0.3 is 15.5 Å². The molecule has 0 fully saturated rings. The van der Waals surface area contributed by atoms with Crippen molar-refractivity contribution in [3.05, 3.63) is 130 Å². The SMILES string of the molecule is O=c1[nH]c(NC(c2ccccc2)(c2ccccc2)c2ccccc2)nc2[nH]cc(C=NO)c12. The third-order valence-corrected chi connectivity index (χ3v) is 5.70. The van der Waals surface area contributed by atoms with Crippen LogP contribution in [0.5, 0.6) is 0 Å². The number of nitrogens with one attached hydrogen (secondary N) is 3. The summed E-state index contributed by atoms with van der Waals surface area (Å²) in [6.07, 6.45) is 2.78. The number of aromatic nitrogens is 3. The van der Waals surface area contributed by atoms with E-state index in [0.717, 1.165) is 16.7 Å². The molecule has 0 aliphatic rings. The molecule has 162 valence electrons. The van der Waals surface area contributed by atoms with Gasteiger partial charge in [-0.05, 0) is 16.7 Å². The monoisotopic (exact) mass is 435 g/mol. The highest BCUT2D eigenvalue weighted by atomic mass is 16.4. The Kier molecular flexibility index (Phi) is 5.20. The van der Waals surface area contributed by atoms with Crippen LogP contribution in [0.1, 0.15) is 22.3 Å². The molecule has 0 atom stereocenters. The molecule has 4 N–H and O–H groups in total. The number of nitrogens with zero attached hydrogens (tertiary/aromatic N) is 2. The number of fused-ring (bicyclic) bond motifs is 1. The fourth-order valence-corrected chi connectivity index (χ4v) is 4.25. The second-order valence-electron chi connectivity index (χ2n) is 7.60. The van der Waals surface area contributed by atoms with Crippen LogP contribution in [0, 0.1) is 0 Å². The molecule has 0 amide bonds. The van der Waals surface area contributed by atoms with Crippen molar-refractivity contribution in [2.75, 3.05) is 5.32 Å². The minimum Gasteiger partial charge on any atom is -0.411 e. The number of hydrogen-bond donors (Lipinski definition) is 4. The molecule has 0 aliphatic heterocycles. The van der Waals surface area contributed by atoms with Crippen LogP contribution >= 0.6 is 0 Å². The highest BCUT2D eigenvalue weighted by molar-refractivity contribution is 5.97. The van der Waals surface area contributed by atoms with E-state index in [4.69, 9.17) is 5.21 Å². The normalized spacial score (nSPS) is 11.8. The van der Waals surface area contributed by atoms with Gasteiger partial charge in [0, 0.05) is 11.8 Å². The number of aromatic amines is 2. The Morgan fingerprint density at radius 3 is 1.85 bits per heavy atom. The molecule has 0 bridgehead atoms. The Morgan fingerprint density at radius 1 is 0.848 bits per heavy atom. The van der Waals surface area contributed by atoms with Gasteiger partial charge in [-0.3, -0.25) is 9.78 Å². The van der Waals surface area contributed by atoms with Crippen LogP contribution < -0.4 is 10.9 Å². The van der Waals surface area contributed by atoms with Gasteiger partial charge >= 0.3 is 0 Å². The molecule has 0 saturated heterocycles. The summed E-state index contributed by atoms with van der Waals surface area (Å²) < 4.78 is 0. The molecular formula is C26H21N5O2. The number of rotatable bonds is 6. The molecule has 2 aromatic heterocycles. The van der Waals surface area contributed by atoms with Crippen LogP contribution in [0.4, 0.5) is 5.95 Å². The van der Waals surface area contributed by atoms with Gasteiger partial charge in [0.1, 0.15) is 11.2 Å². The van der Waals surface area contributed by atoms with Gasteiger partial charge in [0.25, 0.3) is 5.56 Å². The predicted octanol–water partition coefficient (Wildman–Crippen LogP) is 4.46. The van der Waals surface area contributed by atoms with E-state index < -0.39 is 5.54 Å². The standard InChI is InChI=1S/C26H21N5O2/c32-24-22-18(17-28-33)16-27-23(22)29-25(30-24)31-26(19-10-4-1-5-11-19,20-12-6-2-7-13-20)21-14-8-3-9-15-21/h1-17,33H,(H3,27,29,30,31,32). The quantitative estimate of drug-likeness (QED) is 0.137. The van der Waals surface area contributed by atoms with E-state index in [1.165, 1.54) is 6.21 Å². The molecule has 0 spiro atoms. The number of hydrogen-bond acceptors (Lipinski definition) is 5. The minimum absolute atomic E-state index is 0.304. The molecule has 33 heavy (non-hydrogen) atoms. The summed E-state index contributed by atoms with van der Waals surface area (Å²) >= 11 is 0. The summed E-state index contributed by atoms with van der Waals surface area (Å²) in [5.74, 6) is 0.304. The van der Waals surface area contributed by atoms with Crippen LogP contribution in [0.3, 0.4) is 0 Å². The first-order valence-electron chi connectivity index (χ1n) is 10.5. The summed E-state index contributed by atoms with van der Waals surface area (Å²) in [5, 5.41) is 15.8. The van der Waals surface area contributed by atoms with Gasteiger partial charge in [-0.1, -0.05) is 96.2 Å². The smallest absolute Gasteiger partial charge is 0.262 e. The number of H-pyrrole nitrogens is 2. The van der Waals surface area contributed by atoms with Crippen LogP contribution in [0.2, 0.25) is 0 Å². The summed E-state index contributed by atoms with van der Waals surface area (Å²) in [4.78, 5) is 23.4. The van der Waals surface area contributed by atoms with Gasteiger partial charge in [-0.15, -0.1) is 0 Å². The minimum atomic E-state index is -0.824. The van der Waals surface area contributed by atoms with Gasteiger partial charge in [0.15, 0.2) is 0 Å². The molecule has 0 saturated carbocycles. The average Bonchev–Trinajstić information content (AvgIpc) is 3.27. The van der Waals surface area contributed by atoms with Crippen LogP contribution in [-0.2, 0) is 5.54 Å². The first-order valence-corrected chi connectivity index (χ1v) is 10.5. The summed E-state index contributed by atoms with van der Waals surface area (Å²) in [5.41, 5.74) is 2.64. The Balaban J connectivity index is 1.76. The second kappa shape index (κ2) is 8.47. The van der Waals surface area contributed by atoms with Crippen LogP contribution in [0.15, 0.2) is 107 Å². The van der Waals surface area contributed by atoms with E-state index in [1.54, 1.807) is 6.20 Å². The third kappa shape index (κ3) is 3.55. The molecule has 7 heteroatoms. The van der Waals surface area contributed by atoms with E-state index in [9.17, 15) is 4.79 Å². The van der Waals surface area contributed by atoms with Crippen molar-refractivity contribution in [1.82, 2.24) is 15.0 Å². The molecule has 5 rings (SSSR count). The van der Waals surface area contributed by atoms with Gasteiger partial charge in [-0.25, -0.2) is 0 Å². The fourth-order valence-electron chi connectivity index (χ4n) is 4.25. The molecule has 3 aromatic carbocycles. The van der Waals surface area contributed by atoms with Gasteiger partial charge in [0.05, 0.1) is 11.6 Å². The molecular weight excluding hydrogens is 414 g/mol. The Morgan fingerprint density at radius 2 is 1.36 bits per heavy atom. The lowest BCUT2D eigenvalue weighted by Gasteiger charge is -2.37. The molecule has 0 radical (unpaired) electrons. The van der Waals surface area contributed by atoms with Crippen molar-refractivity contribution in [2.45, 2.75) is 5.54 Å². The molecule has 0 aliphatic carbocycles. The number of benzene rings is 3. The zero-order valence-corrected chi connectivity index (χ0v) is 17.6. The Bertz CT molecular complexity index is 1360. The average molecular weight is 435 g/mol. The summed E-state index contributed by atoms with van der Waals surface area (Å²) in [6.45, 7) is 0. The highest BCUT2D eigenvalue weighted by Gasteiger charge is 2.37. The maximum absolute atomic E-state index is 13.0. The largest absolute Gasteiger partial charge is 0.411 e. The lowest BCUT2D eigenvalue weighted by atomic mass is 9.77. The van der Waals surface area contributed by atoms with E-state index in [0.29, 0.717) is 22.5 Å². The summed E-state index contributed by atoms with van der Waals surface area (Å²) in [6, 6.07) is 30.1. The number of anilines is 1. The van der Waals surface area contributed by atoms with E-state index in [2.05, 4.69) is 25.4 Å². The van der Waals surface area contributed by atoms with E-state index >= 15 is 0 Å². The lowest BCUT2D eigenvalue weighted by molar-refractivity contribution is 0.322. The molecule has 5 aromatic rings. The maximum Gasteiger partial charge on any atom is 0.262 e. The van der Waals surface area contributed by atoms with E-state index in [-0.39, 0.29) is 5.56 Å². The maximum atomic E-state index is 13.0. The van der Waals surface area contributed by atoms with Crippen LogP contribution in [0.25, 0.3) is 11.0 Å². The van der Waals surface area contributed by atoms with Crippen molar-refractivity contribution < 1.29 is 5.21 Å². The third-order valence-electron chi connectivity index (χ3n) is 5.70. The predicted molar refractivity (Wildman–Crippen MR) is 129 cm³/mol. The fraction of sp³-hybridized carbons (Fsp3) is 0.0385. The van der Waals surface area contributed by atoms with Gasteiger partial charge in [-0.2, -0.15) is 4.98 Å². The topological polar surface area (TPSA) is 106 Å².